The minimum absolute atomic E-state index is 0.0368. The molecular weight excluding hydrogens is 520 g/mol. The van der Waals surface area contributed by atoms with Crippen molar-refractivity contribution in [1.82, 2.24) is 0 Å². The van der Waals surface area contributed by atoms with Crippen molar-refractivity contribution in [1.29, 1.82) is 0 Å². The van der Waals surface area contributed by atoms with Gasteiger partial charge in [-0.1, -0.05) is 74.7 Å². The van der Waals surface area contributed by atoms with Crippen LogP contribution in [0.1, 0.15) is 85.6 Å². The molecule has 7 nitrogen and oxygen atoms in total. The maximum absolute atomic E-state index is 12.5. The molecule has 0 saturated heterocycles. The van der Waals surface area contributed by atoms with Gasteiger partial charge in [-0.25, -0.2) is 9.59 Å². The Balaban J connectivity index is 1.46. The summed E-state index contributed by atoms with van der Waals surface area (Å²) in [6.07, 6.45) is 9.59. The van der Waals surface area contributed by atoms with E-state index in [4.69, 9.17) is 9.84 Å². The molecule has 2 aromatic carbocycles. The Bertz CT molecular complexity index is 1350. The SMILES string of the molecule is CC1=CC(=O)C[C@](C)(CCCCCCOC(=O)c2ccc(C(=O)c3ccccc3)cc2)[C@@]1(O)/C=C/C(C)=C\C(=O)O. The predicted molar refractivity (Wildman–Crippen MR) is 157 cm³/mol. The van der Waals surface area contributed by atoms with Gasteiger partial charge < -0.3 is 14.9 Å². The van der Waals surface area contributed by atoms with Gasteiger partial charge >= 0.3 is 11.9 Å². The molecule has 0 fully saturated rings. The summed E-state index contributed by atoms with van der Waals surface area (Å²) in [6.45, 7) is 5.53. The van der Waals surface area contributed by atoms with E-state index in [-0.39, 0.29) is 24.6 Å². The van der Waals surface area contributed by atoms with Gasteiger partial charge in [0.2, 0.25) is 0 Å². The average Bonchev–Trinajstić information content (AvgIpc) is 2.94. The van der Waals surface area contributed by atoms with E-state index in [9.17, 15) is 24.3 Å². The van der Waals surface area contributed by atoms with E-state index >= 15 is 0 Å². The first-order chi connectivity index (χ1) is 19.4. The molecule has 0 aromatic heterocycles. The Morgan fingerprint density at radius 3 is 2.20 bits per heavy atom. The zero-order chi connectivity index (χ0) is 30.0. The molecule has 2 atom stereocenters. The number of ketones is 2. The largest absolute Gasteiger partial charge is 0.478 e. The molecule has 0 unspecified atom stereocenters. The summed E-state index contributed by atoms with van der Waals surface area (Å²) < 4.78 is 5.40. The third kappa shape index (κ3) is 8.21. The highest BCUT2D eigenvalue weighted by atomic mass is 16.5. The molecule has 1 aliphatic rings. The van der Waals surface area contributed by atoms with Crippen LogP contribution in [0, 0.1) is 5.41 Å². The van der Waals surface area contributed by atoms with Crippen molar-refractivity contribution in [2.45, 2.75) is 64.9 Å². The molecule has 0 spiro atoms. The first-order valence-corrected chi connectivity index (χ1v) is 13.9. The highest BCUT2D eigenvalue weighted by Gasteiger charge is 2.49. The lowest BCUT2D eigenvalue weighted by Crippen LogP contribution is -2.49. The molecule has 2 aromatic rings. The topological polar surface area (TPSA) is 118 Å². The Morgan fingerprint density at radius 1 is 0.927 bits per heavy atom. The molecule has 0 amide bonds. The highest BCUT2D eigenvalue weighted by Crippen LogP contribution is 2.48. The van der Waals surface area contributed by atoms with Crippen molar-refractivity contribution in [3.8, 4) is 0 Å². The summed E-state index contributed by atoms with van der Waals surface area (Å²) in [5, 5.41) is 20.6. The Kier molecular flexibility index (Phi) is 10.7. The van der Waals surface area contributed by atoms with Crippen molar-refractivity contribution >= 4 is 23.5 Å². The fraction of sp³-hybridized carbons (Fsp3) is 0.353. The van der Waals surface area contributed by atoms with Crippen molar-refractivity contribution in [3.63, 3.8) is 0 Å². The van der Waals surface area contributed by atoms with Gasteiger partial charge in [0, 0.05) is 29.0 Å². The lowest BCUT2D eigenvalue weighted by atomic mass is 9.61. The number of carboxylic acid groups (broad SMARTS) is 1. The smallest absolute Gasteiger partial charge is 0.338 e. The number of allylic oxidation sites excluding steroid dienone is 3. The van der Waals surface area contributed by atoms with E-state index in [1.165, 1.54) is 6.08 Å². The number of hydrogen-bond acceptors (Lipinski definition) is 6. The third-order valence-electron chi connectivity index (χ3n) is 7.68. The molecular formula is C34H38O7. The second kappa shape index (κ2) is 14.0. The Labute approximate surface area is 241 Å². The summed E-state index contributed by atoms with van der Waals surface area (Å²) in [5.41, 5.74) is 0.399. The van der Waals surface area contributed by atoms with Crippen LogP contribution in [0.5, 0.6) is 0 Å². The highest BCUT2D eigenvalue weighted by molar-refractivity contribution is 6.09. The Morgan fingerprint density at radius 2 is 1.54 bits per heavy atom. The number of hydrogen-bond donors (Lipinski definition) is 2. The fourth-order valence-electron chi connectivity index (χ4n) is 5.24. The molecule has 2 N–H and O–H groups in total. The first kappa shape index (κ1) is 31.4. The van der Waals surface area contributed by atoms with Crippen LogP contribution in [0.4, 0.5) is 0 Å². The number of unbranched alkanes of at least 4 members (excludes halogenated alkanes) is 3. The van der Waals surface area contributed by atoms with Crippen LogP contribution in [0.2, 0.25) is 0 Å². The number of carbonyl (C=O) groups excluding carboxylic acids is 3. The molecule has 41 heavy (non-hydrogen) atoms. The monoisotopic (exact) mass is 558 g/mol. The Hall–Kier alpha value is -4.10. The number of ether oxygens (including phenoxy) is 1. The van der Waals surface area contributed by atoms with E-state index in [0.717, 1.165) is 25.3 Å². The van der Waals surface area contributed by atoms with Gasteiger partial charge in [0.1, 0.15) is 5.60 Å². The average molecular weight is 559 g/mol. The molecule has 216 valence electrons. The lowest BCUT2D eigenvalue weighted by Gasteiger charge is -2.46. The van der Waals surface area contributed by atoms with Crippen molar-refractivity contribution in [3.05, 3.63) is 107 Å². The van der Waals surface area contributed by atoms with Crippen molar-refractivity contribution < 1.29 is 34.1 Å². The number of aliphatic hydroxyl groups is 1. The van der Waals surface area contributed by atoms with Crippen LogP contribution in [0.15, 0.2) is 90.0 Å². The maximum Gasteiger partial charge on any atom is 0.338 e. The summed E-state index contributed by atoms with van der Waals surface area (Å²) in [4.78, 5) is 48.3. The summed E-state index contributed by atoms with van der Waals surface area (Å²) >= 11 is 0. The van der Waals surface area contributed by atoms with E-state index in [1.807, 2.05) is 13.0 Å². The summed E-state index contributed by atoms with van der Waals surface area (Å²) in [6, 6.07) is 15.4. The molecule has 0 saturated carbocycles. The number of esters is 1. The second-order valence-electron chi connectivity index (χ2n) is 10.9. The van der Waals surface area contributed by atoms with Crippen LogP contribution in [-0.2, 0) is 14.3 Å². The van der Waals surface area contributed by atoms with Crippen LogP contribution >= 0.6 is 0 Å². The number of carbonyl (C=O) groups is 4. The van der Waals surface area contributed by atoms with Gasteiger partial charge in [0.25, 0.3) is 0 Å². The van der Waals surface area contributed by atoms with Crippen LogP contribution in [-0.4, -0.2) is 45.9 Å². The van der Waals surface area contributed by atoms with Gasteiger partial charge in [0.05, 0.1) is 12.2 Å². The molecule has 7 heteroatoms. The van der Waals surface area contributed by atoms with Gasteiger partial charge in [-0.15, -0.1) is 0 Å². The van der Waals surface area contributed by atoms with E-state index in [1.54, 1.807) is 74.5 Å². The lowest BCUT2D eigenvalue weighted by molar-refractivity contribution is -0.131. The van der Waals surface area contributed by atoms with Crippen molar-refractivity contribution in [2.24, 2.45) is 5.41 Å². The third-order valence-corrected chi connectivity index (χ3v) is 7.68. The zero-order valence-corrected chi connectivity index (χ0v) is 23.9. The predicted octanol–water partition coefficient (Wildman–Crippen LogP) is 6.27. The molecule has 3 rings (SSSR count). The zero-order valence-electron chi connectivity index (χ0n) is 23.9. The number of aliphatic carboxylic acids is 1. The van der Waals surface area contributed by atoms with Gasteiger partial charge in [-0.05, 0) is 62.1 Å². The quantitative estimate of drug-likeness (QED) is 0.0978. The summed E-state index contributed by atoms with van der Waals surface area (Å²) in [5.74, 6) is -1.65. The van der Waals surface area contributed by atoms with Crippen molar-refractivity contribution in [2.75, 3.05) is 6.61 Å². The summed E-state index contributed by atoms with van der Waals surface area (Å²) in [7, 11) is 0. The minimum atomic E-state index is -1.37. The fourth-order valence-corrected chi connectivity index (χ4v) is 5.24. The second-order valence-corrected chi connectivity index (χ2v) is 10.9. The molecule has 0 radical (unpaired) electrons. The van der Waals surface area contributed by atoms with Gasteiger partial charge in [-0.2, -0.15) is 0 Å². The molecule has 0 bridgehead atoms. The van der Waals surface area contributed by atoms with Crippen LogP contribution < -0.4 is 0 Å². The van der Waals surface area contributed by atoms with E-state index < -0.39 is 23.0 Å². The first-order valence-electron chi connectivity index (χ1n) is 13.9. The van der Waals surface area contributed by atoms with E-state index in [2.05, 4.69) is 0 Å². The van der Waals surface area contributed by atoms with Crippen LogP contribution in [0.25, 0.3) is 0 Å². The molecule has 0 heterocycles. The maximum atomic E-state index is 12.5. The molecule has 1 aliphatic carbocycles. The standard InChI is InChI=1S/C34H38O7/c1-24(21-30(36)37)17-19-34(40)25(2)22-29(35)23-33(34,3)18-9-4-5-10-20-41-32(39)28-15-13-27(14-16-28)31(38)26-11-7-6-8-12-26/h6-8,11-17,19,21-22,40H,4-5,9-10,18,20,23H2,1-3H3,(H,36,37)/b19-17+,24-21-/t33-,34+/m0/s1. The number of rotatable bonds is 13. The normalized spacial score (nSPS) is 21.0. The number of carboxylic acids is 1. The molecule has 0 aliphatic heterocycles. The minimum Gasteiger partial charge on any atom is -0.478 e. The number of benzene rings is 2. The van der Waals surface area contributed by atoms with Crippen LogP contribution in [0.3, 0.4) is 0 Å². The van der Waals surface area contributed by atoms with Gasteiger partial charge in [0.15, 0.2) is 11.6 Å². The van der Waals surface area contributed by atoms with Gasteiger partial charge in [-0.3, -0.25) is 9.59 Å². The van der Waals surface area contributed by atoms with E-state index in [0.29, 0.717) is 40.7 Å².